The Hall–Kier alpha value is -1.56. The van der Waals surface area contributed by atoms with Gasteiger partial charge in [-0.25, -0.2) is 0 Å². The number of aliphatic imine (C=N–C) groups is 1. The van der Waals surface area contributed by atoms with Crippen LogP contribution >= 0.6 is 11.3 Å². The minimum absolute atomic E-state index is 0.0242. The molecule has 1 amide bonds. The van der Waals surface area contributed by atoms with E-state index >= 15 is 0 Å². The molecule has 1 aromatic heterocycles. The number of hydrogen-bond acceptors (Lipinski definition) is 3. The first-order valence-corrected chi connectivity index (χ1v) is 9.70. The normalized spacial score (nSPS) is 18.8. The first kappa shape index (κ1) is 18.8. The van der Waals surface area contributed by atoms with Crippen molar-refractivity contribution in [3.8, 4) is 0 Å². The standard InChI is InChI=1S/C18H30N4OS/c1-5-16(23)22-10-9-14(12-22)21-17(19-6-2)20-13-18(3,4)15-8-7-11-24-15/h7-8,11,14H,5-6,9-10,12-13H2,1-4H3,(H2,19,20,21). The summed E-state index contributed by atoms with van der Waals surface area (Å²) in [6.07, 6.45) is 1.56. The van der Waals surface area contributed by atoms with E-state index in [9.17, 15) is 4.79 Å². The maximum Gasteiger partial charge on any atom is 0.222 e. The fourth-order valence-corrected chi connectivity index (χ4v) is 3.70. The Bertz CT molecular complexity index is 553. The van der Waals surface area contributed by atoms with E-state index in [1.165, 1.54) is 4.88 Å². The molecule has 134 valence electrons. The maximum absolute atomic E-state index is 11.8. The van der Waals surface area contributed by atoms with E-state index in [2.05, 4.69) is 48.9 Å². The molecule has 1 atom stereocenters. The maximum atomic E-state index is 11.8. The second-order valence-corrected chi connectivity index (χ2v) is 7.83. The first-order chi connectivity index (χ1) is 11.5. The lowest BCUT2D eigenvalue weighted by Gasteiger charge is -2.23. The predicted molar refractivity (Wildman–Crippen MR) is 102 cm³/mol. The van der Waals surface area contributed by atoms with Crippen molar-refractivity contribution in [2.75, 3.05) is 26.2 Å². The number of likely N-dealkylation sites (tertiary alicyclic amines) is 1. The molecule has 0 spiro atoms. The molecule has 2 rings (SSSR count). The molecule has 0 saturated carbocycles. The summed E-state index contributed by atoms with van der Waals surface area (Å²) >= 11 is 1.78. The number of carbonyl (C=O) groups is 1. The lowest BCUT2D eigenvalue weighted by atomic mass is 9.92. The molecule has 5 nitrogen and oxygen atoms in total. The molecule has 24 heavy (non-hydrogen) atoms. The van der Waals surface area contributed by atoms with Gasteiger partial charge in [0.2, 0.25) is 5.91 Å². The van der Waals surface area contributed by atoms with Gasteiger partial charge in [-0.15, -0.1) is 11.3 Å². The summed E-state index contributed by atoms with van der Waals surface area (Å²) in [5, 5.41) is 8.93. The van der Waals surface area contributed by atoms with Crippen molar-refractivity contribution in [3.05, 3.63) is 22.4 Å². The van der Waals surface area contributed by atoms with Gasteiger partial charge in [0, 0.05) is 42.4 Å². The van der Waals surface area contributed by atoms with Crippen LogP contribution in [0.1, 0.15) is 45.4 Å². The van der Waals surface area contributed by atoms with Gasteiger partial charge in [-0.05, 0) is 24.8 Å². The lowest BCUT2D eigenvalue weighted by Crippen LogP contribution is -2.45. The number of amides is 1. The van der Waals surface area contributed by atoms with Gasteiger partial charge in [-0.3, -0.25) is 9.79 Å². The second-order valence-electron chi connectivity index (χ2n) is 6.88. The number of nitrogens with one attached hydrogen (secondary N) is 2. The molecule has 1 fully saturated rings. The Morgan fingerprint density at radius 3 is 2.88 bits per heavy atom. The van der Waals surface area contributed by atoms with Crippen LogP contribution < -0.4 is 10.6 Å². The molecule has 0 aliphatic carbocycles. The fraction of sp³-hybridized carbons (Fsp3) is 0.667. The van der Waals surface area contributed by atoms with Crippen LogP contribution in [0, 0.1) is 0 Å². The van der Waals surface area contributed by atoms with Crippen LogP contribution in [0.2, 0.25) is 0 Å². The van der Waals surface area contributed by atoms with Crippen molar-refractivity contribution in [1.82, 2.24) is 15.5 Å². The highest BCUT2D eigenvalue weighted by Crippen LogP contribution is 2.27. The molecule has 1 aliphatic rings. The number of thiophene rings is 1. The highest BCUT2D eigenvalue weighted by atomic mass is 32.1. The van der Waals surface area contributed by atoms with Crippen molar-refractivity contribution in [2.24, 2.45) is 4.99 Å². The SMILES string of the molecule is CCNC(=NCC(C)(C)c1cccs1)NC1CCN(C(=O)CC)C1. The Morgan fingerprint density at radius 2 is 2.25 bits per heavy atom. The molecule has 1 aliphatic heterocycles. The van der Waals surface area contributed by atoms with Gasteiger partial charge < -0.3 is 15.5 Å². The third-order valence-electron chi connectivity index (χ3n) is 4.35. The summed E-state index contributed by atoms with van der Waals surface area (Å²) in [6, 6.07) is 4.54. The summed E-state index contributed by atoms with van der Waals surface area (Å²) < 4.78 is 0. The number of rotatable bonds is 6. The summed E-state index contributed by atoms with van der Waals surface area (Å²) in [7, 11) is 0. The van der Waals surface area contributed by atoms with E-state index in [1.807, 2.05) is 11.8 Å². The van der Waals surface area contributed by atoms with Crippen LogP contribution in [-0.4, -0.2) is 49.0 Å². The van der Waals surface area contributed by atoms with E-state index in [0.717, 1.165) is 38.6 Å². The fourth-order valence-electron chi connectivity index (χ4n) is 2.86. The third kappa shape index (κ3) is 4.97. The topological polar surface area (TPSA) is 56.7 Å². The first-order valence-electron chi connectivity index (χ1n) is 8.83. The van der Waals surface area contributed by atoms with Gasteiger partial charge in [0.15, 0.2) is 5.96 Å². The zero-order chi connectivity index (χ0) is 17.6. The smallest absolute Gasteiger partial charge is 0.222 e. The minimum atomic E-state index is 0.0242. The average Bonchev–Trinajstić information content (AvgIpc) is 3.24. The predicted octanol–water partition coefficient (Wildman–Crippen LogP) is 2.59. The van der Waals surface area contributed by atoms with E-state index in [1.54, 1.807) is 11.3 Å². The summed E-state index contributed by atoms with van der Waals surface area (Å²) in [5.74, 6) is 1.08. The van der Waals surface area contributed by atoms with Crippen molar-refractivity contribution >= 4 is 23.2 Å². The Balaban J connectivity index is 1.95. The van der Waals surface area contributed by atoms with Crippen molar-refractivity contribution < 1.29 is 4.79 Å². The Labute approximate surface area is 149 Å². The number of guanidine groups is 1. The number of carbonyl (C=O) groups excluding carboxylic acids is 1. The Kier molecular flexibility index (Phi) is 6.66. The number of hydrogen-bond donors (Lipinski definition) is 2. The molecule has 0 bridgehead atoms. The highest BCUT2D eigenvalue weighted by Gasteiger charge is 2.26. The van der Waals surface area contributed by atoms with Crippen LogP contribution in [0.25, 0.3) is 0 Å². The van der Waals surface area contributed by atoms with E-state index in [0.29, 0.717) is 6.42 Å². The molecule has 2 N–H and O–H groups in total. The van der Waals surface area contributed by atoms with Crippen LogP contribution in [0.15, 0.2) is 22.5 Å². The molecule has 1 aromatic rings. The van der Waals surface area contributed by atoms with Crippen molar-refractivity contribution in [3.63, 3.8) is 0 Å². The van der Waals surface area contributed by atoms with E-state index < -0.39 is 0 Å². The summed E-state index contributed by atoms with van der Waals surface area (Å²) in [5.41, 5.74) is 0.0242. The van der Waals surface area contributed by atoms with Crippen molar-refractivity contribution in [2.45, 2.75) is 52.0 Å². The van der Waals surface area contributed by atoms with Gasteiger partial charge in [0.1, 0.15) is 0 Å². The summed E-state index contributed by atoms with van der Waals surface area (Å²) in [4.78, 5) is 19.9. The largest absolute Gasteiger partial charge is 0.357 e. The zero-order valence-corrected chi connectivity index (χ0v) is 16.1. The van der Waals surface area contributed by atoms with Gasteiger partial charge in [0.05, 0.1) is 6.54 Å². The number of nitrogens with zero attached hydrogens (tertiary/aromatic N) is 2. The molecule has 6 heteroatoms. The molecule has 0 aromatic carbocycles. The molecule has 1 unspecified atom stereocenters. The van der Waals surface area contributed by atoms with Crippen LogP contribution in [0.3, 0.4) is 0 Å². The zero-order valence-electron chi connectivity index (χ0n) is 15.3. The van der Waals surface area contributed by atoms with Gasteiger partial charge in [-0.2, -0.15) is 0 Å². The average molecular weight is 351 g/mol. The van der Waals surface area contributed by atoms with Crippen LogP contribution in [-0.2, 0) is 10.2 Å². The second kappa shape index (κ2) is 8.51. The lowest BCUT2D eigenvalue weighted by molar-refractivity contribution is -0.129. The highest BCUT2D eigenvalue weighted by molar-refractivity contribution is 7.10. The van der Waals surface area contributed by atoms with Gasteiger partial charge in [0.25, 0.3) is 0 Å². The Morgan fingerprint density at radius 1 is 1.46 bits per heavy atom. The molecular weight excluding hydrogens is 320 g/mol. The molecule has 0 radical (unpaired) electrons. The monoisotopic (exact) mass is 350 g/mol. The quantitative estimate of drug-likeness (QED) is 0.612. The minimum Gasteiger partial charge on any atom is -0.357 e. The molecular formula is C18H30N4OS. The summed E-state index contributed by atoms with van der Waals surface area (Å²) in [6.45, 7) is 11.6. The van der Waals surface area contributed by atoms with Crippen LogP contribution in [0.5, 0.6) is 0 Å². The van der Waals surface area contributed by atoms with Crippen LogP contribution in [0.4, 0.5) is 0 Å². The third-order valence-corrected chi connectivity index (χ3v) is 5.58. The van der Waals surface area contributed by atoms with Gasteiger partial charge >= 0.3 is 0 Å². The van der Waals surface area contributed by atoms with E-state index in [4.69, 9.17) is 4.99 Å². The molecule has 1 saturated heterocycles. The van der Waals surface area contributed by atoms with E-state index in [-0.39, 0.29) is 17.4 Å². The molecule has 2 heterocycles. The van der Waals surface area contributed by atoms with Gasteiger partial charge in [-0.1, -0.05) is 26.8 Å². The van der Waals surface area contributed by atoms with Crippen molar-refractivity contribution in [1.29, 1.82) is 0 Å².